The minimum atomic E-state index is -0.763. The Morgan fingerprint density at radius 1 is 1.04 bits per heavy atom. The van der Waals surface area contributed by atoms with Gasteiger partial charge in [-0.1, -0.05) is 66.6 Å². The monoisotopic (exact) mass is 681 g/mol. The van der Waals surface area contributed by atoms with E-state index in [1.54, 1.807) is 7.11 Å². The third-order valence-electron chi connectivity index (χ3n) is 9.95. The van der Waals surface area contributed by atoms with Crippen molar-refractivity contribution in [3.63, 3.8) is 0 Å². The van der Waals surface area contributed by atoms with Gasteiger partial charge in [0.1, 0.15) is 11.8 Å². The lowest BCUT2D eigenvalue weighted by Gasteiger charge is -2.33. The Morgan fingerprint density at radius 3 is 2.57 bits per heavy atom. The van der Waals surface area contributed by atoms with E-state index in [0.717, 1.165) is 95.0 Å². The van der Waals surface area contributed by atoms with Gasteiger partial charge in [0.2, 0.25) is 0 Å². The largest absolute Gasteiger partial charge is 0.496 e. The zero-order chi connectivity index (χ0) is 34.8. The van der Waals surface area contributed by atoms with Crippen molar-refractivity contribution >= 4 is 41.3 Å². The van der Waals surface area contributed by atoms with Crippen molar-refractivity contribution in [2.45, 2.75) is 58.7 Å². The molecule has 2 aliphatic heterocycles. The van der Waals surface area contributed by atoms with Gasteiger partial charge in [0.05, 0.1) is 23.5 Å². The maximum atomic E-state index is 13.4. The number of fused-ring (bicyclic) bond motifs is 1. The summed E-state index contributed by atoms with van der Waals surface area (Å²) in [5.74, 6) is 0.0673. The lowest BCUT2D eigenvalue weighted by Crippen LogP contribution is -2.44. The third kappa shape index (κ3) is 7.15. The Morgan fingerprint density at radius 2 is 1.80 bits per heavy atom. The first-order valence-corrected chi connectivity index (χ1v) is 17.2. The number of aromatic nitrogens is 2. The molecule has 1 amide bonds. The molecule has 1 atom stereocenters. The summed E-state index contributed by atoms with van der Waals surface area (Å²) in [6, 6.07) is 15.5. The SMILES string of the molecule is COc1cc(/C=C/c2cccc(-c3cccc(NC(=O)c4nc5c(n4C)CCN(C)C5)c3Cl)c2C)c(C)cc1CN1CCCC[C@H]1C(=O)O. The molecule has 1 saturated heterocycles. The lowest BCUT2D eigenvalue weighted by atomic mass is 9.95. The molecule has 10 heteroatoms. The highest BCUT2D eigenvalue weighted by Crippen LogP contribution is 2.37. The number of hydrogen-bond donors (Lipinski definition) is 2. The van der Waals surface area contributed by atoms with Crippen molar-refractivity contribution in [3.05, 3.63) is 98.6 Å². The van der Waals surface area contributed by atoms with Gasteiger partial charge in [-0.25, -0.2) is 4.98 Å². The van der Waals surface area contributed by atoms with E-state index in [9.17, 15) is 14.7 Å². The van der Waals surface area contributed by atoms with E-state index in [2.05, 4.69) is 60.4 Å². The Labute approximate surface area is 293 Å². The first-order valence-electron chi connectivity index (χ1n) is 16.8. The molecule has 1 fully saturated rings. The number of likely N-dealkylation sites (tertiary alicyclic amines) is 1. The summed E-state index contributed by atoms with van der Waals surface area (Å²) in [6.07, 6.45) is 7.63. The highest BCUT2D eigenvalue weighted by atomic mass is 35.5. The van der Waals surface area contributed by atoms with Crippen molar-refractivity contribution in [2.75, 3.05) is 32.6 Å². The van der Waals surface area contributed by atoms with E-state index < -0.39 is 12.0 Å². The Balaban J connectivity index is 1.23. The van der Waals surface area contributed by atoms with Gasteiger partial charge < -0.3 is 24.6 Å². The number of amides is 1. The first-order chi connectivity index (χ1) is 23.5. The predicted octanol–water partition coefficient (Wildman–Crippen LogP) is 7.22. The fraction of sp³-hybridized carbons (Fsp3) is 0.359. The number of carbonyl (C=O) groups excluding carboxylic acids is 1. The average molecular weight is 682 g/mol. The maximum absolute atomic E-state index is 13.4. The number of carboxylic acid groups (broad SMARTS) is 1. The number of halogens is 1. The summed E-state index contributed by atoms with van der Waals surface area (Å²) in [5, 5.41) is 13.2. The Bertz CT molecular complexity index is 1930. The first kappa shape index (κ1) is 34.4. The molecule has 0 saturated carbocycles. The number of ether oxygens (including phenoxy) is 1. The van der Waals surface area contributed by atoms with Crippen molar-refractivity contribution in [3.8, 4) is 16.9 Å². The van der Waals surface area contributed by atoms with Crippen molar-refractivity contribution in [1.82, 2.24) is 19.4 Å². The standard InChI is InChI=1S/C39H44ClN5O4/c1-24-20-28(22-45-18-7-6-14-34(45)39(47)48)35(49-5)21-27(24)16-15-26-10-8-11-29(25(26)2)30-12-9-13-31(36(30)40)42-38(46)37-41-32-23-43(3)19-17-33(32)44(37)4/h8-13,15-16,20-21,34H,6-7,14,17-19,22-23H2,1-5H3,(H,42,46)(H,47,48)/b16-15+/t34-/m0/s1. The van der Waals surface area contributed by atoms with E-state index in [1.807, 2.05) is 52.9 Å². The summed E-state index contributed by atoms with van der Waals surface area (Å²) in [7, 11) is 5.61. The highest BCUT2D eigenvalue weighted by molar-refractivity contribution is 6.36. The van der Waals surface area contributed by atoms with E-state index in [1.165, 1.54) is 0 Å². The van der Waals surface area contributed by atoms with E-state index in [0.29, 0.717) is 29.5 Å². The molecule has 2 N–H and O–H groups in total. The van der Waals surface area contributed by atoms with Crippen LogP contribution in [0.2, 0.25) is 5.02 Å². The number of imidazole rings is 1. The van der Waals surface area contributed by atoms with Gasteiger partial charge in [0.15, 0.2) is 5.82 Å². The van der Waals surface area contributed by atoms with Crippen molar-refractivity contribution in [1.29, 1.82) is 0 Å². The summed E-state index contributed by atoms with van der Waals surface area (Å²) < 4.78 is 7.68. The summed E-state index contributed by atoms with van der Waals surface area (Å²) in [6.45, 7) is 7.09. The summed E-state index contributed by atoms with van der Waals surface area (Å²) in [4.78, 5) is 34.2. The molecule has 0 unspecified atom stereocenters. The predicted molar refractivity (Wildman–Crippen MR) is 195 cm³/mol. The number of carboxylic acids is 1. The topological polar surface area (TPSA) is 99.9 Å². The molecular weight excluding hydrogens is 638 g/mol. The lowest BCUT2D eigenvalue weighted by molar-refractivity contribution is -0.144. The van der Waals surface area contributed by atoms with Crippen LogP contribution in [0.3, 0.4) is 0 Å². The smallest absolute Gasteiger partial charge is 0.320 e. The molecule has 49 heavy (non-hydrogen) atoms. The summed E-state index contributed by atoms with van der Waals surface area (Å²) >= 11 is 6.98. The molecule has 2 aliphatic rings. The molecule has 4 aromatic rings. The molecule has 0 radical (unpaired) electrons. The second kappa shape index (κ2) is 14.6. The number of carbonyl (C=O) groups is 2. The molecule has 1 aromatic heterocycles. The zero-order valence-corrected chi connectivity index (χ0v) is 29.6. The molecule has 3 aromatic carbocycles. The fourth-order valence-corrected chi connectivity index (χ4v) is 7.39. The van der Waals surface area contributed by atoms with Crippen LogP contribution in [0.5, 0.6) is 5.75 Å². The minimum Gasteiger partial charge on any atom is -0.496 e. The molecule has 3 heterocycles. The van der Waals surface area contributed by atoms with Gasteiger partial charge in [-0.3, -0.25) is 14.5 Å². The van der Waals surface area contributed by atoms with Gasteiger partial charge in [0, 0.05) is 49.9 Å². The quantitative estimate of drug-likeness (QED) is 0.180. The van der Waals surface area contributed by atoms with Gasteiger partial charge in [-0.05, 0) is 80.2 Å². The number of hydrogen-bond acceptors (Lipinski definition) is 6. The normalized spacial score (nSPS) is 16.9. The number of aryl methyl sites for hydroxylation is 1. The summed E-state index contributed by atoms with van der Waals surface area (Å²) in [5.41, 5.74) is 9.54. The minimum absolute atomic E-state index is 0.290. The number of nitrogens with one attached hydrogen (secondary N) is 1. The fourth-order valence-electron chi connectivity index (χ4n) is 7.12. The van der Waals surface area contributed by atoms with E-state index in [-0.39, 0.29) is 5.91 Å². The molecule has 6 rings (SSSR count). The Hall–Kier alpha value is -4.44. The van der Waals surface area contributed by atoms with Crippen LogP contribution >= 0.6 is 11.6 Å². The number of anilines is 1. The molecule has 9 nitrogen and oxygen atoms in total. The van der Waals surface area contributed by atoms with E-state index >= 15 is 0 Å². The Kier molecular flexibility index (Phi) is 10.2. The molecule has 256 valence electrons. The van der Waals surface area contributed by atoms with Gasteiger partial charge in [-0.15, -0.1) is 0 Å². The van der Waals surface area contributed by atoms with Crippen LogP contribution in [0.4, 0.5) is 5.69 Å². The highest BCUT2D eigenvalue weighted by Gasteiger charge is 2.29. The number of methoxy groups -OCH3 is 1. The van der Waals surface area contributed by atoms with Crippen molar-refractivity contribution < 1.29 is 19.4 Å². The van der Waals surface area contributed by atoms with Crippen LogP contribution in [-0.4, -0.2) is 69.6 Å². The van der Waals surface area contributed by atoms with Gasteiger partial charge in [0.25, 0.3) is 5.91 Å². The number of piperidine rings is 1. The molecule has 0 bridgehead atoms. The number of nitrogens with zero attached hydrogens (tertiary/aromatic N) is 4. The zero-order valence-electron chi connectivity index (χ0n) is 28.8. The van der Waals surface area contributed by atoms with Crippen LogP contribution in [-0.2, 0) is 31.4 Å². The number of benzene rings is 3. The second-order valence-electron chi connectivity index (χ2n) is 13.2. The number of likely N-dealkylation sites (N-methyl/N-ethyl adjacent to an activating group) is 1. The van der Waals surface area contributed by atoms with Crippen LogP contribution in [0.1, 0.15) is 69.1 Å². The van der Waals surface area contributed by atoms with Crippen LogP contribution < -0.4 is 10.1 Å². The van der Waals surface area contributed by atoms with Crippen molar-refractivity contribution in [2.24, 2.45) is 7.05 Å². The third-order valence-corrected chi connectivity index (χ3v) is 10.4. The number of rotatable bonds is 9. The van der Waals surface area contributed by atoms with E-state index in [4.69, 9.17) is 16.3 Å². The number of aliphatic carboxylic acids is 1. The van der Waals surface area contributed by atoms with Gasteiger partial charge >= 0.3 is 5.97 Å². The molecular formula is C39H44ClN5O4. The van der Waals surface area contributed by atoms with Gasteiger partial charge in [-0.2, -0.15) is 0 Å². The van der Waals surface area contributed by atoms with Crippen LogP contribution in [0.15, 0.2) is 48.5 Å². The molecule has 0 spiro atoms. The van der Waals surface area contributed by atoms with Crippen LogP contribution in [0.25, 0.3) is 23.3 Å². The average Bonchev–Trinajstić information content (AvgIpc) is 3.41. The second-order valence-corrected chi connectivity index (χ2v) is 13.6. The molecule has 0 aliphatic carbocycles. The van der Waals surface area contributed by atoms with Crippen LogP contribution in [0, 0.1) is 13.8 Å². The maximum Gasteiger partial charge on any atom is 0.320 e.